The molecule has 4 rings (SSSR count). The lowest BCUT2D eigenvalue weighted by Gasteiger charge is -2.55. The third kappa shape index (κ3) is 2.80. The van der Waals surface area contributed by atoms with Crippen molar-refractivity contribution in [2.24, 2.45) is 28.6 Å². The van der Waals surface area contributed by atoms with E-state index >= 15 is 0 Å². The lowest BCUT2D eigenvalue weighted by Crippen LogP contribution is -2.55. The number of hydrogen-bond acceptors (Lipinski definition) is 5. The lowest BCUT2D eigenvalue weighted by atomic mass is 9.50. The van der Waals surface area contributed by atoms with Gasteiger partial charge in [0.15, 0.2) is 12.4 Å². The number of Topliss-reactive ketones (excluding diaryl/α,β-unsaturated/α-hetero) is 1. The zero-order valence-electron chi connectivity index (χ0n) is 17.9. The Hall–Kier alpha value is -1.75. The van der Waals surface area contributed by atoms with E-state index in [1.807, 2.05) is 19.9 Å². The molecule has 5 heteroatoms. The van der Waals surface area contributed by atoms with Crippen LogP contribution in [0.2, 0.25) is 0 Å². The molecule has 0 amide bonds. The van der Waals surface area contributed by atoms with Crippen molar-refractivity contribution in [2.75, 3.05) is 6.61 Å². The predicted octanol–water partition coefficient (Wildman–Crippen LogP) is 3.55. The van der Waals surface area contributed by atoms with Gasteiger partial charge in [-0.15, -0.1) is 0 Å². The first-order chi connectivity index (χ1) is 13.5. The Balaban J connectivity index is 1.67. The molecule has 0 aliphatic heterocycles. The van der Waals surface area contributed by atoms with Gasteiger partial charge in [0.2, 0.25) is 5.78 Å². The van der Waals surface area contributed by atoms with Gasteiger partial charge in [0, 0.05) is 23.7 Å². The molecule has 2 saturated carbocycles. The fourth-order valence-corrected chi connectivity index (χ4v) is 6.95. The van der Waals surface area contributed by atoms with E-state index in [4.69, 9.17) is 4.74 Å². The highest BCUT2D eigenvalue weighted by Gasteiger charge is 2.64. The van der Waals surface area contributed by atoms with E-state index in [0.717, 1.165) is 25.7 Å². The molecule has 2 fully saturated rings. The molecule has 0 aromatic rings. The molecule has 0 radical (unpaired) electrons. The van der Waals surface area contributed by atoms with Crippen molar-refractivity contribution in [3.63, 3.8) is 0 Å². The lowest BCUT2D eigenvalue weighted by molar-refractivity contribution is -0.162. The number of ether oxygens (including phenoxy) is 1. The third-order valence-corrected chi connectivity index (χ3v) is 8.67. The quantitative estimate of drug-likeness (QED) is 0.579. The Kier molecular flexibility index (Phi) is 4.69. The van der Waals surface area contributed by atoms with Gasteiger partial charge in [0.05, 0.1) is 0 Å². The first-order valence-electron chi connectivity index (χ1n) is 10.9. The fraction of sp³-hybridized carbons (Fsp3) is 0.708. The van der Waals surface area contributed by atoms with Crippen LogP contribution in [0.1, 0.15) is 66.2 Å². The normalized spacial score (nSPS) is 43.5. The maximum atomic E-state index is 12.9. The predicted molar refractivity (Wildman–Crippen MR) is 108 cm³/mol. The van der Waals surface area contributed by atoms with Crippen molar-refractivity contribution in [1.82, 2.24) is 0 Å². The third-order valence-electron chi connectivity index (χ3n) is 8.67. The standard InChI is InChI=1S/C24H32O5/c1-14-12-22(3)16(11-20(14)26)5-6-17-18(22)7-9-23(4)19(17)8-10-24(23,28)21(27)13-29-15(2)25/h7,11,14,17,19,28H,5-6,8-10,12-13H2,1-4H3/t14-,17?,19?,22?,23?,24+/m1/s1. The molecular weight excluding hydrogens is 368 g/mol. The Morgan fingerprint density at radius 1 is 1.28 bits per heavy atom. The molecule has 0 aromatic heterocycles. The van der Waals surface area contributed by atoms with Crippen LogP contribution >= 0.6 is 0 Å². The number of fused-ring (bicyclic) bond motifs is 5. The number of carbonyl (C=O) groups is 3. The van der Waals surface area contributed by atoms with E-state index in [2.05, 4.69) is 13.0 Å². The largest absolute Gasteiger partial charge is 0.458 e. The maximum Gasteiger partial charge on any atom is 0.303 e. The summed E-state index contributed by atoms with van der Waals surface area (Å²) in [6, 6.07) is 0. The summed E-state index contributed by atoms with van der Waals surface area (Å²) in [6.07, 6.45) is 8.70. The first-order valence-corrected chi connectivity index (χ1v) is 10.9. The van der Waals surface area contributed by atoms with Crippen molar-refractivity contribution in [3.05, 3.63) is 23.3 Å². The molecule has 4 aliphatic carbocycles. The van der Waals surface area contributed by atoms with Crippen molar-refractivity contribution in [1.29, 1.82) is 0 Å². The summed E-state index contributed by atoms with van der Waals surface area (Å²) in [4.78, 5) is 36.3. The molecule has 0 bridgehead atoms. The fourth-order valence-electron chi connectivity index (χ4n) is 6.95. The van der Waals surface area contributed by atoms with E-state index in [0.29, 0.717) is 18.8 Å². The highest BCUT2D eigenvalue weighted by Crippen LogP contribution is 2.65. The maximum absolute atomic E-state index is 12.9. The molecule has 0 saturated heterocycles. The van der Waals surface area contributed by atoms with Crippen LogP contribution in [-0.2, 0) is 19.1 Å². The van der Waals surface area contributed by atoms with Crippen LogP contribution in [0.3, 0.4) is 0 Å². The molecule has 4 aliphatic rings. The summed E-state index contributed by atoms with van der Waals surface area (Å²) >= 11 is 0. The van der Waals surface area contributed by atoms with Crippen LogP contribution in [0, 0.1) is 28.6 Å². The van der Waals surface area contributed by atoms with Crippen LogP contribution in [0.25, 0.3) is 0 Å². The minimum Gasteiger partial charge on any atom is -0.458 e. The van der Waals surface area contributed by atoms with Gasteiger partial charge >= 0.3 is 5.97 Å². The van der Waals surface area contributed by atoms with Crippen molar-refractivity contribution in [3.8, 4) is 0 Å². The molecule has 29 heavy (non-hydrogen) atoms. The van der Waals surface area contributed by atoms with Crippen LogP contribution in [0.4, 0.5) is 0 Å². The van der Waals surface area contributed by atoms with E-state index in [9.17, 15) is 19.5 Å². The summed E-state index contributed by atoms with van der Waals surface area (Å²) in [6.45, 7) is 7.23. The van der Waals surface area contributed by atoms with Crippen LogP contribution in [-0.4, -0.2) is 34.9 Å². The van der Waals surface area contributed by atoms with Gasteiger partial charge in [-0.2, -0.15) is 0 Å². The van der Waals surface area contributed by atoms with Gasteiger partial charge in [-0.05, 0) is 56.4 Å². The van der Waals surface area contributed by atoms with Crippen LogP contribution in [0.5, 0.6) is 0 Å². The number of aliphatic hydroxyl groups is 1. The molecule has 6 atom stereocenters. The number of allylic oxidation sites excluding steroid dienone is 4. The van der Waals surface area contributed by atoms with Gasteiger partial charge in [-0.3, -0.25) is 14.4 Å². The Bertz CT molecular complexity index is 838. The highest BCUT2D eigenvalue weighted by atomic mass is 16.5. The molecule has 158 valence electrons. The zero-order chi connectivity index (χ0) is 21.2. The summed E-state index contributed by atoms with van der Waals surface area (Å²) in [5, 5.41) is 11.5. The van der Waals surface area contributed by atoms with Gasteiger partial charge < -0.3 is 9.84 Å². The molecular formula is C24H32O5. The molecule has 4 unspecified atom stereocenters. The smallest absolute Gasteiger partial charge is 0.303 e. The van der Waals surface area contributed by atoms with Crippen LogP contribution < -0.4 is 0 Å². The number of hydrogen-bond donors (Lipinski definition) is 1. The molecule has 0 aromatic carbocycles. The van der Waals surface area contributed by atoms with Gasteiger partial charge in [0.1, 0.15) is 5.60 Å². The van der Waals surface area contributed by atoms with E-state index in [-0.39, 0.29) is 35.4 Å². The van der Waals surface area contributed by atoms with Crippen molar-refractivity contribution >= 4 is 17.5 Å². The average Bonchev–Trinajstić information content (AvgIpc) is 2.93. The zero-order valence-corrected chi connectivity index (χ0v) is 17.9. The Labute approximate surface area is 172 Å². The van der Waals surface area contributed by atoms with Crippen LogP contribution in [0.15, 0.2) is 23.3 Å². The molecule has 5 nitrogen and oxygen atoms in total. The Morgan fingerprint density at radius 3 is 2.69 bits per heavy atom. The average molecular weight is 401 g/mol. The number of ketones is 2. The second kappa shape index (κ2) is 6.63. The van der Waals surface area contributed by atoms with Crippen molar-refractivity contribution < 1.29 is 24.2 Å². The number of carbonyl (C=O) groups excluding carboxylic acids is 3. The van der Waals surface area contributed by atoms with Crippen molar-refractivity contribution in [2.45, 2.75) is 71.8 Å². The molecule has 0 heterocycles. The number of rotatable bonds is 3. The monoisotopic (exact) mass is 400 g/mol. The van der Waals surface area contributed by atoms with Gasteiger partial charge in [0.25, 0.3) is 0 Å². The van der Waals surface area contributed by atoms with Gasteiger partial charge in [-0.1, -0.05) is 38.0 Å². The highest BCUT2D eigenvalue weighted by molar-refractivity contribution is 5.94. The summed E-state index contributed by atoms with van der Waals surface area (Å²) < 4.78 is 4.92. The SMILES string of the molecule is CC(=O)OCC(=O)[C@@]1(O)CCC2C3CCC4=CC(=O)[C@H](C)CC4(C)C3=CCC21C. The first kappa shape index (κ1) is 20.5. The topological polar surface area (TPSA) is 80.7 Å². The minimum atomic E-state index is -1.46. The molecule has 1 N–H and O–H groups in total. The Morgan fingerprint density at radius 2 is 2.00 bits per heavy atom. The summed E-state index contributed by atoms with van der Waals surface area (Å²) in [5.74, 6) is -0.0695. The second-order valence-electron chi connectivity index (χ2n) is 10.1. The second-order valence-corrected chi connectivity index (χ2v) is 10.1. The number of esters is 1. The van der Waals surface area contributed by atoms with E-state index in [1.165, 1.54) is 18.1 Å². The van der Waals surface area contributed by atoms with Gasteiger partial charge in [-0.25, -0.2) is 0 Å². The van der Waals surface area contributed by atoms with E-state index < -0.39 is 17.0 Å². The molecule has 0 spiro atoms. The summed E-state index contributed by atoms with van der Waals surface area (Å²) in [5.41, 5.74) is 0.577. The minimum absolute atomic E-state index is 0.0301. The van der Waals surface area contributed by atoms with E-state index in [1.54, 1.807) is 0 Å². The summed E-state index contributed by atoms with van der Waals surface area (Å²) in [7, 11) is 0.